The van der Waals surface area contributed by atoms with Crippen LogP contribution < -0.4 is 15.1 Å². The number of rotatable bonds is 6. The van der Waals surface area contributed by atoms with E-state index in [2.05, 4.69) is 33.3 Å². The fourth-order valence-corrected chi connectivity index (χ4v) is 6.19. The van der Waals surface area contributed by atoms with E-state index in [-0.39, 0.29) is 11.8 Å². The first-order chi connectivity index (χ1) is 18.1. The van der Waals surface area contributed by atoms with Gasteiger partial charge in [0.25, 0.3) is 11.8 Å². The van der Waals surface area contributed by atoms with Crippen LogP contribution in [0.15, 0.2) is 48.5 Å². The molecule has 38 heavy (non-hydrogen) atoms. The molecule has 1 saturated carbocycles. The largest absolute Gasteiger partial charge is 0.389 e. The lowest BCUT2D eigenvalue weighted by Crippen LogP contribution is -2.50. The van der Waals surface area contributed by atoms with Gasteiger partial charge in [0.15, 0.2) is 0 Å². The van der Waals surface area contributed by atoms with Crippen LogP contribution >= 0.6 is 0 Å². The van der Waals surface area contributed by atoms with Crippen molar-refractivity contribution in [3.63, 3.8) is 0 Å². The van der Waals surface area contributed by atoms with Crippen LogP contribution in [0, 0.1) is 6.92 Å². The van der Waals surface area contributed by atoms with Crippen LogP contribution in [0.5, 0.6) is 0 Å². The molecule has 3 aromatic carbocycles. The summed E-state index contributed by atoms with van der Waals surface area (Å²) in [5.41, 5.74) is 4.35. The van der Waals surface area contributed by atoms with Crippen molar-refractivity contribution in [1.29, 1.82) is 0 Å². The molecule has 2 fully saturated rings. The van der Waals surface area contributed by atoms with Gasteiger partial charge >= 0.3 is 0 Å². The number of aliphatic hydroxyl groups is 1. The minimum Gasteiger partial charge on any atom is -0.389 e. The van der Waals surface area contributed by atoms with Crippen molar-refractivity contribution in [2.45, 2.75) is 44.8 Å². The topological polar surface area (TPSA) is 76.1 Å². The number of nitrogens with zero attached hydrogens (tertiary/aromatic N) is 3. The summed E-state index contributed by atoms with van der Waals surface area (Å²) in [6, 6.07) is 16.2. The van der Waals surface area contributed by atoms with Crippen molar-refractivity contribution in [3.05, 3.63) is 70.8 Å². The number of anilines is 2. The quantitative estimate of drug-likeness (QED) is 0.521. The van der Waals surface area contributed by atoms with Gasteiger partial charge in [-0.15, -0.1) is 0 Å². The minimum absolute atomic E-state index is 0.0185. The molecule has 0 aromatic heterocycles. The maximum Gasteiger partial charge on any atom is 0.258 e. The van der Waals surface area contributed by atoms with E-state index >= 15 is 0 Å². The van der Waals surface area contributed by atoms with Crippen molar-refractivity contribution in [3.8, 4) is 0 Å². The number of hydrogen-bond acceptors (Lipinski definition) is 5. The van der Waals surface area contributed by atoms with Gasteiger partial charge in [-0.05, 0) is 74.4 Å². The van der Waals surface area contributed by atoms with E-state index < -0.39 is 11.1 Å². The summed E-state index contributed by atoms with van der Waals surface area (Å²) in [6.45, 7) is 9.82. The number of β-amino-alcohol motifs (C(OH)–C–C–N with tert-alkyl or cyclic N) is 1. The zero-order valence-electron chi connectivity index (χ0n) is 22.7. The maximum atomic E-state index is 13.7. The highest BCUT2D eigenvalue weighted by molar-refractivity contribution is 6.25. The summed E-state index contributed by atoms with van der Waals surface area (Å²) in [5, 5.41) is 15.6. The van der Waals surface area contributed by atoms with E-state index in [9.17, 15) is 14.7 Å². The number of carbonyl (C=O) groups excluding carboxylic acids is 2. The van der Waals surface area contributed by atoms with Gasteiger partial charge in [0, 0.05) is 62.0 Å². The Hall–Kier alpha value is -3.42. The molecule has 1 aliphatic carbocycles. The molecule has 198 valence electrons. The molecular formula is C31H36N4O3. The molecule has 0 radical (unpaired) electrons. The molecule has 1 saturated heterocycles. The number of benzene rings is 3. The van der Waals surface area contributed by atoms with E-state index in [1.807, 2.05) is 58.2 Å². The van der Waals surface area contributed by atoms with Crippen LogP contribution in [0.3, 0.4) is 0 Å². The van der Waals surface area contributed by atoms with Gasteiger partial charge in [0.05, 0.1) is 16.8 Å². The Morgan fingerprint density at radius 3 is 2.47 bits per heavy atom. The third-order valence-electron chi connectivity index (χ3n) is 8.35. The van der Waals surface area contributed by atoms with Crippen molar-refractivity contribution < 1.29 is 14.7 Å². The molecule has 2 heterocycles. The highest BCUT2D eigenvalue weighted by atomic mass is 16.3. The van der Waals surface area contributed by atoms with Gasteiger partial charge in [-0.1, -0.05) is 24.3 Å². The molecule has 0 unspecified atom stereocenters. The van der Waals surface area contributed by atoms with Crippen LogP contribution in [0.25, 0.3) is 10.8 Å². The molecule has 0 bridgehead atoms. The average Bonchev–Trinajstić information content (AvgIpc) is 3.61. The molecule has 6 rings (SSSR count). The number of aryl methyl sites for hydroxylation is 1. The zero-order chi connectivity index (χ0) is 26.8. The highest BCUT2D eigenvalue weighted by Crippen LogP contribution is 2.50. The molecule has 0 spiro atoms. The Kier molecular flexibility index (Phi) is 5.78. The first kappa shape index (κ1) is 24.9. The predicted molar refractivity (Wildman–Crippen MR) is 151 cm³/mol. The monoisotopic (exact) mass is 512 g/mol. The highest BCUT2D eigenvalue weighted by Gasteiger charge is 2.47. The fourth-order valence-electron chi connectivity index (χ4n) is 6.19. The van der Waals surface area contributed by atoms with Gasteiger partial charge in [-0.25, -0.2) is 0 Å². The predicted octanol–water partition coefficient (Wildman–Crippen LogP) is 4.05. The van der Waals surface area contributed by atoms with Crippen molar-refractivity contribution >= 4 is 34.0 Å². The average molecular weight is 513 g/mol. The van der Waals surface area contributed by atoms with Crippen LogP contribution in [-0.4, -0.2) is 67.2 Å². The van der Waals surface area contributed by atoms with Gasteiger partial charge in [-0.3, -0.25) is 14.5 Å². The molecular weight excluding hydrogens is 476 g/mol. The second kappa shape index (κ2) is 8.82. The second-order valence-corrected chi connectivity index (χ2v) is 11.8. The molecule has 7 nitrogen and oxygen atoms in total. The normalized spacial score (nSPS) is 18.8. The SMILES string of the molecule is Cc1ccc(N2CCN(CC(C)(C)O)CC2)cc1C(=O)NC1(c2ccc3c4c(cccc24)C(=O)N3C)CC1. The molecule has 7 heteroatoms. The molecule has 2 aliphatic heterocycles. The Morgan fingerprint density at radius 2 is 1.79 bits per heavy atom. The van der Waals surface area contributed by atoms with Crippen LogP contribution in [0.2, 0.25) is 0 Å². The fraction of sp³-hybridized carbons (Fsp3) is 0.419. The van der Waals surface area contributed by atoms with Crippen molar-refractivity contribution in [1.82, 2.24) is 10.2 Å². The van der Waals surface area contributed by atoms with Crippen molar-refractivity contribution in [2.24, 2.45) is 0 Å². The lowest BCUT2D eigenvalue weighted by Gasteiger charge is -2.38. The number of amides is 2. The van der Waals surface area contributed by atoms with Gasteiger partial charge in [0.2, 0.25) is 0 Å². The minimum atomic E-state index is -0.702. The Morgan fingerprint density at radius 1 is 1.05 bits per heavy atom. The maximum absolute atomic E-state index is 13.7. The molecule has 2 N–H and O–H groups in total. The number of carbonyl (C=O) groups is 2. The van der Waals surface area contributed by atoms with Crippen LogP contribution in [0.4, 0.5) is 11.4 Å². The smallest absolute Gasteiger partial charge is 0.258 e. The lowest BCUT2D eigenvalue weighted by atomic mass is 9.94. The summed E-state index contributed by atoms with van der Waals surface area (Å²) in [7, 11) is 1.81. The summed E-state index contributed by atoms with van der Waals surface area (Å²) >= 11 is 0. The number of nitrogens with one attached hydrogen (secondary N) is 1. The summed E-state index contributed by atoms with van der Waals surface area (Å²) < 4.78 is 0. The van der Waals surface area contributed by atoms with E-state index in [1.54, 1.807) is 4.90 Å². The van der Waals surface area contributed by atoms with E-state index in [0.29, 0.717) is 12.1 Å². The van der Waals surface area contributed by atoms with Crippen LogP contribution in [0.1, 0.15) is 58.5 Å². The van der Waals surface area contributed by atoms with Crippen molar-refractivity contribution in [2.75, 3.05) is 49.6 Å². The molecule has 0 atom stereocenters. The molecule has 3 aromatic rings. The Labute approximate surface area is 224 Å². The van der Waals surface area contributed by atoms with Gasteiger partial charge in [-0.2, -0.15) is 0 Å². The third kappa shape index (κ3) is 4.24. The number of hydrogen-bond donors (Lipinski definition) is 2. The summed E-state index contributed by atoms with van der Waals surface area (Å²) in [5.74, 6) is -0.0380. The van der Waals surface area contributed by atoms with Crippen LogP contribution in [-0.2, 0) is 5.54 Å². The molecule has 2 amide bonds. The first-order valence-corrected chi connectivity index (χ1v) is 13.5. The van der Waals surface area contributed by atoms with E-state index in [1.165, 1.54) is 0 Å². The van der Waals surface area contributed by atoms with Gasteiger partial charge < -0.3 is 20.2 Å². The van der Waals surface area contributed by atoms with E-state index in [4.69, 9.17) is 0 Å². The Bertz CT molecular complexity index is 1450. The summed E-state index contributed by atoms with van der Waals surface area (Å²) in [6.07, 6.45) is 1.76. The third-order valence-corrected chi connectivity index (χ3v) is 8.35. The second-order valence-electron chi connectivity index (χ2n) is 11.8. The standard InChI is InChI=1S/C31H36N4O3/c1-20-8-9-21(35-16-14-34(15-17-35)19-30(2,3)38)18-24(20)28(36)32-31(12-13-31)25-10-11-26-27-22(25)6-5-7-23(27)29(37)33(26)4/h5-11,18,38H,12-17,19H2,1-4H3,(H,32,36). The zero-order valence-corrected chi connectivity index (χ0v) is 22.7. The summed E-state index contributed by atoms with van der Waals surface area (Å²) in [4.78, 5) is 32.7. The lowest BCUT2D eigenvalue weighted by molar-refractivity contribution is 0.0345. The van der Waals surface area contributed by atoms with Gasteiger partial charge in [0.1, 0.15) is 0 Å². The van der Waals surface area contributed by atoms with E-state index in [0.717, 1.165) is 77.9 Å². The molecule has 3 aliphatic rings. The first-order valence-electron chi connectivity index (χ1n) is 13.5. The number of piperazine rings is 1. The Balaban J connectivity index is 1.24.